The first kappa shape index (κ1) is 17.7. The van der Waals surface area contributed by atoms with Crippen molar-refractivity contribution in [3.8, 4) is 11.5 Å². The van der Waals surface area contributed by atoms with E-state index in [0.717, 1.165) is 35.0 Å². The van der Waals surface area contributed by atoms with Crippen LogP contribution in [0.3, 0.4) is 0 Å². The molecule has 3 heterocycles. The molecule has 3 aromatic heterocycles. The number of carboxylic acid groups (broad SMARTS) is 1. The van der Waals surface area contributed by atoms with Crippen LogP contribution in [0.1, 0.15) is 25.1 Å². The van der Waals surface area contributed by atoms with Crippen molar-refractivity contribution in [2.24, 2.45) is 0 Å². The van der Waals surface area contributed by atoms with E-state index >= 15 is 0 Å². The van der Waals surface area contributed by atoms with E-state index in [9.17, 15) is 4.79 Å². The lowest BCUT2D eigenvalue weighted by Gasteiger charge is -2.21. The van der Waals surface area contributed by atoms with Crippen LogP contribution in [0.15, 0.2) is 30.6 Å². The zero-order chi connectivity index (χ0) is 18.7. The Morgan fingerprint density at radius 1 is 1.19 bits per heavy atom. The number of rotatable bonds is 6. The van der Waals surface area contributed by atoms with E-state index in [2.05, 4.69) is 15.0 Å². The van der Waals surface area contributed by atoms with Crippen molar-refractivity contribution in [3.05, 3.63) is 41.9 Å². The highest BCUT2D eigenvalue weighted by molar-refractivity contribution is 5.81. The molecular formula is C19H21N5O2. The van der Waals surface area contributed by atoms with Crippen LogP contribution in [0.5, 0.6) is 0 Å². The summed E-state index contributed by atoms with van der Waals surface area (Å²) in [6.45, 7) is 3.93. The van der Waals surface area contributed by atoms with Gasteiger partial charge in [0.25, 0.3) is 0 Å². The fourth-order valence-corrected chi connectivity index (χ4v) is 2.98. The van der Waals surface area contributed by atoms with Crippen LogP contribution in [0.4, 0.5) is 5.82 Å². The highest BCUT2D eigenvalue weighted by Crippen LogP contribution is 2.26. The Morgan fingerprint density at radius 2 is 2.00 bits per heavy atom. The van der Waals surface area contributed by atoms with E-state index in [1.165, 1.54) is 0 Å². The number of likely N-dealkylation sites (N-methyl/N-ethyl adjacent to an activating group) is 1. The van der Waals surface area contributed by atoms with Crippen molar-refractivity contribution in [2.45, 2.75) is 26.7 Å². The quantitative estimate of drug-likeness (QED) is 0.730. The molecule has 134 valence electrons. The summed E-state index contributed by atoms with van der Waals surface area (Å²) in [4.78, 5) is 30.9. The lowest BCUT2D eigenvalue weighted by molar-refractivity contribution is -0.135. The number of hydrogen-bond acceptors (Lipinski definition) is 6. The molecule has 0 aliphatic heterocycles. The Bertz CT molecular complexity index is 958. The van der Waals surface area contributed by atoms with E-state index in [0.29, 0.717) is 17.3 Å². The van der Waals surface area contributed by atoms with Gasteiger partial charge in [-0.1, -0.05) is 19.9 Å². The number of nitrogens with zero attached hydrogens (tertiary/aromatic N) is 5. The number of carbonyl (C=O) groups is 1. The maximum absolute atomic E-state index is 11.1. The average Bonchev–Trinajstić information content (AvgIpc) is 2.65. The number of anilines is 1. The predicted octanol–water partition coefficient (Wildman–Crippen LogP) is 2.73. The molecule has 0 bridgehead atoms. The summed E-state index contributed by atoms with van der Waals surface area (Å²) in [5, 5.41) is 10.1. The molecule has 7 nitrogen and oxygen atoms in total. The molecular weight excluding hydrogens is 330 g/mol. The SMILES string of the molecule is CCc1nc(-c2cc3cccnc3cn2)nc(N(C)CC(=O)O)c1CC. The normalized spacial score (nSPS) is 10.9. The van der Waals surface area contributed by atoms with Gasteiger partial charge in [-0.2, -0.15) is 0 Å². The van der Waals surface area contributed by atoms with Crippen molar-refractivity contribution in [2.75, 3.05) is 18.5 Å². The largest absolute Gasteiger partial charge is 0.480 e. The summed E-state index contributed by atoms with van der Waals surface area (Å²) in [6.07, 6.45) is 4.90. The first-order chi connectivity index (χ1) is 12.5. The topological polar surface area (TPSA) is 92.1 Å². The molecule has 3 rings (SSSR count). The van der Waals surface area contributed by atoms with E-state index < -0.39 is 5.97 Å². The third-order valence-corrected chi connectivity index (χ3v) is 4.21. The number of aryl methyl sites for hydroxylation is 1. The summed E-state index contributed by atoms with van der Waals surface area (Å²) in [5.41, 5.74) is 3.34. The van der Waals surface area contributed by atoms with E-state index in [-0.39, 0.29) is 6.54 Å². The molecule has 0 aromatic carbocycles. The lowest BCUT2D eigenvalue weighted by Crippen LogP contribution is -2.28. The fraction of sp³-hybridized carbons (Fsp3) is 0.316. The molecule has 26 heavy (non-hydrogen) atoms. The van der Waals surface area contributed by atoms with Gasteiger partial charge in [-0.05, 0) is 25.0 Å². The summed E-state index contributed by atoms with van der Waals surface area (Å²) >= 11 is 0. The Morgan fingerprint density at radius 3 is 2.69 bits per heavy atom. The van der Waals surface area contributed by atoms with E-state index in [4.69, 9.17) is 10.1 Å². The zero-order valence-corrected chi connectivity index (χ0v) is 15.1. The van der Waals surface area contributed by atoms with Gasteiger partial charge in [0.15, 0.2) is 5.82 Å². The minimum absolute atomic E-state index is 0.123. The van der Waals surface area contributed by atoms with Crippen LogP contribution in [-0.4, -0.2) is 44.6 Å². The summed E-state index contributed by atoms with van der Waals surface area (Å²) in [7, 11) is 1.73. The molecule has 0 atom stereocenters. The molecule has 0 aliphatic carbocycles. The maximum atomic E-state index is 11.1. The van der Waals surface area contributed by atoms with Gasteiger partial charge >= 0.3 is 5.97 Å². The molecule has 0 amide bonds. The zero-order valence-electron chi connectivity index (χ0n) is 15.1. The lowest BCUT2D eigenvalue weighted by atomic mass is 10.1. The summed E-state index contributed by atoms with van der Waals surface area (Å²) in [6, 6.07) is 5.74. The Labute approximate surface area is 151 Å². The van der Waals surface area contributed by atoms with Crippen LogP contribution in [0, 0.1) is 0 Å². The van der Waals surface area contributed by atoms with Crippen molar-refractivity contribution in [3.63, 3.8) is 0 Å². The summed E-state index contributed by atoms with van der Waals surface area (Å²) in [5.74, 6) is 0.240. The molecule has 3 aromatic rings. The minimum Gasteiger partial charge on any atom is -0.480 e. The molecule has 0 fully saturated rings. The Kier molecular flexibility index (Phi) is 5.06. The van der Waals surface area contributed by atoms with Gasteiger partial charge in [-0.15, -0.1) is 0 Å². The first-order valence-electron chi connectivity index (χ1n) is 8.57. The molecule has 0 saturated heterocycles. The van der Waals surface area contributed by atoms with Crippen molar-refractivity contribution in [1.82, 2.24) is 19.9 Å². The van der Waals surface area contributed by atoms with Gasteiger partial charge in [0, 0.05) is 29.9 Å². The van der Waals surface area contributed by atoms with Crippen molar-refractivity contribution < 1.29 is 9.90 Å². The molecule has 0 unspecified atom stereocenters. The molecule has 0 spiro atoms. The predicted molar refractivity (Wildman–Crippen MR) is 100 cm³/mol. The second kappa shape index (κ2) is 7.43. The fourth-order valence-electron chi connectivity index (χ4n) is 2.98. The van der Waals surface area contributed by atoms with Gasteiger partial charge in [0.2, 0.25) is 0 Å². The molecule has 0 saturated carbocycles. The molecule has 0 aliphatic rings. The smallest absolute Gasteiger partial charge is 0.323 e. The van der Waals surface area contributed by atoms with Crippen LogP contribution in [0.2, 0.25) is 0 Å². The van der Waals surface area contributed by atoms with Gasteiger partial charge < -0.3 is 10.0 Å². The number of aliphatic carboxylic acids is 1. The van der Waals surface area contributed by atoms with Gasteiger partial charge in [0.05, 0.1) is 11.7 Å². The average molecular weight is 351 g/mol. The van der Waals surface area contributed by atoms with Gasteiger partial charge in [-0.25, -0.2) is 9.97 Å². The number of carboxylic acids is 1. The van der Waals surface area contributed by atoms with Gasteiger partial charge in [-0.3, -0.25) is 14.8 Å². The van der Waals surface area contributed by atoms with Gasteiger partial charge in [0.1, 0.15) is 18.1 Å². The van der Waals surface area contributed by atoms with Crippen LogP contribution in [0.25, 0.3) is 22.4 Å². The molecule has 7 heteroatoms. The van der Waals surface area contributed by atoms with E-state index in [1.54, 1.807) is 24.3 Å². The second-order valence-corrected chi connectivity index (χ2v) is 6.02. The Hall–Kier alpha value is -3.09. The molecule has 1 N–H and O–H groups in total. The second-order valence-electron chi connectivity index (χ2n) is 6.02. The van der Waals surface area contributed by atoms with Crippen LogP contribution >= 0.6 is 0 Å². The number of pyridine rings is 2. The van der Waals surface area contributed by atoms with Crippen molar-refractivity contribution in [1.29, 1.82) is 0 Å². The Balaban J connectivity index is 2.15. The third-order valence-electron chi connectivity index (χ3n) is 4.21. The number of fused-ring (bicyclic) bond motifs is 1. The van der Waals surface area contributed by atoms with Crippen molar-refractivity contribution >= 4 is 22.7 Å². The number of hydrogen-bond donors (Lipinski definition) is 1. The monoisotopic (exact) mass is 351 g/mol. The number of aromatic nitrogens is 4. The highest BCUT2D eigenvalue weighted by Gasteiger charge is 2.18. The third kappa shape index (κ3) is 3.46. The maximum Gasteiger partial charge on any atom is 0.323 e. The minimum atomic E-state index is -0.900. The summed E-state index contributed by atoms with van der Waals surface area (Å²) < 4.78 is 0. The first-order valence-corrected chi connectivity index (χ1v) is 8.57. The van der Waals surface area contributed by atoms with Crippen LogP contribution < -0.4 is 4.90 Å². The standard InChI is InChI=1S/C19H21N5O2/c1-4-13-14(5-2)22-18(23-19(13)24(3)11-17(25)26)15-9-12-7-6-8-20-16(12)10-21-15/h6-10H,4-5,11H2,1-3H3,(H,25,26). The molecule has 0 radical (unpaired) electrons. The van der Waals surface area contributed by atoms with E-state index in [1.807, 2.05) is 32.0 Å². The van der Waals surface area contributed by atoms with Crippen LogP contribution in [-0.2, 0) is 17.6 Å². The highest BCUT2D eigenvalue weighted by atomic mass is 16.4.